The normalized spacial score (nSPS) is 14.3. The molecule has 0 atom stereocenters. The van der Waals surface area contributed by atoms with Crippen molar-refractivity contribution in [2.45, 2.75) is 19.8 Å². The third-order valence-electron chi connectivity index (χ3n) is 4.91. The fraction of sp³-hybridized carbons (Fsp3) is 0.333. The first-order valence-corrected chi connectivity index (χ1v) is 10.3. The van der Waals surface area contributed by atoms with E-state index in [4.69, 9.17) is 0 Å². The van der Waals surface area contributed by atoms with E-state index >= 15 is 0 Å². The Kier molecular flexibility index (Phi) is 5.62. The lowest BCUT2D eigenvalue weighted by Gasteiger charge is -2.34. The van der Waals surface area contributed by atoms with E-state index in [0.717, 1.165) is 47.5 Å². The fourth-order valence-electron chi connectivity index (χ4n) is 3.36. The molecule has 1 saturated heterocycles. The van der Waals surface area contributed by atoms with Gasteiger partial charge in [-0.2, -0.15) is 0 Å². The molecule has 1 aliphatic rings. The molecule has 0 N–H and O–H groups in total. The van der Waals surface area contributed by atoms with E-state index in [2.05, 4.69) is 44.1 Å². The van der Waals surface area contributed by atoms with Gasteiger partial charge in [0.05, 0.1) is 10.7 Å². The lowest BCUT2D eigenvalue weighted by Crippen LogP contribution is -2.49. The van der Waals surface area contributed by atoms with E-state index in [0.29, 0.717) is 13.1 Å². The monoisotopic (exact) mass is 393 g/mol. The number of carbonyl (C=O) groups is 1. The van der Waals surface area contributed by atoms with Crippen molar-refractivity contribution in [3.8, 4) is 0 Å². The highest BCUT2D eigenvalue weighted by molar-refractivity contribution is 7.13. The van der Waals surface area contributed by atoms with Gasteiger partial charge in [-0.3, -0.25) is 4.79 Å². The molecule has 0 bridgehead atoms. The van der Waals surface area contributed by atoms with Gasteiger partial charge in [0.15, 0.2) is 0 Å². The molecule has 7 heteroatoms. The Morgan fingerprint density at radius 3 is 2.43 bits per heavy atom. The van der Waals surface area contributed by atoms with E-state index in [1.165, 1.54) is 16.9 Å². The molecule has 144 valence electrons. The van der Waals surface area contributed by atoms with Crippen LogP contribution in [0.3, 0.4) is 0 Å². The van der Waals surface area contributed by atoms with Crippen LogP contribution in [0.25, 0.3) is 0 Å². The second kappa shape index (κ2) is 8.48. The molecule has 0 spiro atoms. The fourth-order valence-corrected chi connectivity index (χ4v) is 4.39. The lowest BCUT2D eigenvalue weighted by atomic mass is 10.1. The maximum Gasteiger partial charge on any atom is 0.265 e. The number of aryl methyl sites for hydroxylation is 3. The predicted octanol–water partition coefficient (Wildman–Crippen LogP) is 2.99. The summed E-state index contributed by atoms with van der Waals surface area (Å²) in [6.07, 6.45) is 5.30. The van der Waals surface area contributed by atoms with Crippen LogP contribution in [0.2, 0.25) is 0 Å². The second-order valence-corrected chi connectivity index (χ2v) is 7.92. The average Bonchev–Trinajstić information content (AvgIpc) is 3.14. The molecule has 0 radical (unpaired) electrons. The lowest BCUT2D eigenvalue weighted by molar-refractivity contribution is 0.0750. The van der Waals surface area contributed by atoms with E-state index in [1.807, 2.05) is 24.0 Å². The van der Waals surface area contributed by atoms with Crippen molar-refractivity contribution >= 4 is 23.2 Å². The van der Waals surface area contributed by atoms with Crippen molar-refractivity contribution in [1.82, 2.24) is 19.9 Å². The molecule has 0 saturated carbocycles. The van der Waals surface area contributed by atoms with Crippen LogP contribution in [0, 0.1) is 6.92 Å². The van der Waals surface area contributed by atoms with Crippen molar-refractivity contribution < 1.29 is 4.79 Å². The number of anilines is 1. The molecule has 1 aliphatic heterocycles. The molecular weight excluding hydrogens is 370 g/mol. The van der Waals surface area contributed by atoms with Gasteiger partial charge in [-0.1, -0.05) is 30.3 Å². The molecule has 1 fully saturated rings. The summed E-state index contributed by atoms with van der Waals surface area (Å²) in [7, 11) is 0. The number of piperazine rings is 1. The van der Waals surface area contributed by atoms with Crippen LogP contribution in [0.15, 0.2) is 48.8 Å². The summed E-state index contributed by atoms with van der Waals surface area (Å²) >= 11 is 1.54. The van der Waals surface area contributed by atoms with Crippen molar-refractivity contribution in [2.24, 2.45) is 0 Å². The van der Waals surface area contributed by atoms with Gasteiger partial charge in [-0.25, -0.2) is 15.0 Å². The third-order valence-corrected chi connectivity index (χ3v) is 6.11. The number of carbonyl (C=O) groups excluding carboxylic acids is 1. The summed E-state index contributed by atoms with van der Waals surface area (Å²) in [5, 5.41) is 1.03. The first-order valence-electron chi connectivity index (χ1n) is 9.52. The van der Waals surface area contributed by atoms with Gasteiger partial charge in [-0.05, 0) is 25.0 Å². The average molecular weight is 394 g/mol. The highest BCUT2D eigenvalue weighted by Gasteiger charge is 2.26. The van der Waals surface area contributed by atoms with Gasteiger partial charge in [0.2, 0.25) is 5.95 Å². The highest BCUT2D eigenvalue weighted by atomic mass is 32.1. The second-order valence-electron chi connectivity index (χ2n) is 6.84. The Balaban J connectivity index is 1.37. The maximum absolute atomic E-state index is 13.0. The third kappa shape index (κ3) is 4.20. The number of nitrogens with zero attached hydrogens (tertiary/aromatic N) is 5. The molecule has 3 heterocycles. The van der Waals surface area contributed by atoms with Crippen molar-refractivity contribution in [3.63, 3.8) is 0 Å². The molecule has 1 amide bonds. The number of aromatic nitrogens is 3. The first-order chi connectivity index (χ1) is 13.7. The zero-order chi connectivity index (χ0) is 19.3. The van der Waals surface area contributed by atoms with Crippen molar-refractivity contribution in [3.05, 3.63) is 69.9 Å². The van der Waals surface area contributed by atoms with Gasteiger partial charge in [0.1, 0.15) is 4.88 Å². The molecule has 2 aromatic heterocycles. The minimum Gasteiger partial charge on any atom is -0.337 e. The molecule has 6 nitrogen and oxygen atoms in total. The van der Waals surface area contributed by atoms with E-state index in [-0.39, 0.29) is 5.91 Å². The summed E-state index contributed by atoms with van der Waals surface area (Å²) in [4.78, 5) is 31.0. The van der Waals surface area contributed by atoms with Crippen LogP contribution in [-0.2, 0) is 12.8 Å². The standard InChI is InChI=1S/C21H23N5OS/c1-16-19(28-18(24-16)9-8-17-6-3-2-4-7-17)20(27)25-12-14-26(15-13-25)21-22-10-5-11-23-21/h2-7,10-11H,8-9,12-15H2,1H3. The minimum atomic E-state index is 0.0922. The van der Waals surface area contributed by atoms with Crippen LogP contribution in [0.5, 0.6) is 0 Å². The summed E-state index contributed by atoms with van der Waals surface area (Å²) in [6.45, 7) is 4.77. The molecule has 28 heavy (non-hydrogen) atoms. The Bertz CT molecular complexity index is 920. The van der Waals surface area contributed by atoms with Gasteiger partial charge >= 0.3 is 0 Å². The summed E-state index contributed by atoms with van der Waals surface area (Å²) in [5.74, 6) is 0.821. The van der Waals surface area contributed by atoms with Gasteiger partial charge in [-0.15, -0.1) is 11.3 Å². The molecule has 4 rings (SSSR count). The van der Waals surface area contributed by atoms with Gasteiger partial charge < -0.3 is 9.80 Å². The van der Waals surface area contributed by atoms with E-state index in [1.54, 1.807) is 12.4 Å². The number of hydrogen-bond donors (Lipinski definition) is 0. The molecule has 1 aromatic carbocycles. The number of thiazole rings is 1. The van der Waals surface area contributed by atoms with Crippen LogP contribution in [-0.4, -0.2) is 51.9 Å². The predicted molar refractivity (Wildman–Crippen MR) is 111 cm³/mol. The first kappa shape index (κ1) is 18.6. The van der Waals surface area contributed by atoms with Gasteiger partial charge in [0.25, 0.3) is 5.91 Å². The zero-order valence-electron chi connectivity index (χ0n) is 15.9. The Hall–Kier alpha value is -2.80. The highest BCUT2D eigenvalue weighted by Crippen LogP contribution is 2.22. The van der Waals surface area contributed by atoms with Crippen LogP contribution >= 0.6 is 11.3 Å². The van der Waals surface area contributed by atoms with Crippen LogP contribution < -0.4 is 4.90 Å². The molecule has 3 aromatic rings. The number of hydrogen-bond acceptors (Lipinski definition) is 6. The number of benzene rings is 1. The maximum atomic E-state index is 13.0. The van der Waals surface area contributed by atoms with Crippen LogP contribution in [0.4, 0.5) is 5.95 Å². The van der Waals surface area contributed by atoms with E-state index < -0.39 is 0 Å². The van der Waals surface area contributed by atoms with Gasteiger partial charge in [0, 0.05) is 45.0 Å². The van der Waals surface area contributed by atoms with Crippen molar-refractivity contribution in [2.75, 3.05) is 31.1 Å². The summed E-state index contributed by atoms with van der Waals surface area (Å²) in [5.41, 5.74) is 2.13. The Labute approximate surface area is 168 Å². The largest absolute Gasteiger partial charge is 0.337 e. The van der Waals surface area contributed by atoms with Crippen LogP contribution in [0.1, 0.15) is 25.9 Å². The minimum absolute atomic E-state index is 0.0922. The summed E-state index contributed by atoms with van der Waals surface area (Å²) < 4.78 is 0. The molecule has 0 aliphatic carbocycles. The topological polar surface area (TPSA) is 62.2 Å². The smallest absolute Gasteiger partial charge is 0.265 e. The number of amides is 1. The van der Waals surface area contributed by atoms with E-state index in [9.17, 15) is 4.79 Å². The Morgan fingerprint density at radius 1 is 1.00 bits per heavy atom. The van der Waals surface area contributed by atoms with Crippen molar-refractivity contribution in [1.29, 1.82) is 0 Å². The molecule has 0 unspecified atom stereocenters. The zero-order valence-corrected chi connectivity index (χ0v) is 16.7. The number of rotatable bonds is 5. The molecular formula is C21H23N5OS. The quantitative estimate of drug-likeness (QED) is 0.667. The Morgan fingerprint density at radius 2 is 1.71 bits per heavy atom. The summed E-state index contributed by atoms with van der Waals surface area (Å²) in [6, 6.07) is 12.2. The SMILES string of the molecule is Cc1nc(CCc2ccccc2)sc1C(=O)N1CCN(c2ncccn2)CC1.